The van der Waals surface area contributed by atoms with Crippen molar-refractivity contribution in [2.24, 2.45) is 16.6 Å². The van der Waals surface area contributed by atoms with Gasteiger partial charge in [-0.2, -0.15) is 0 Å². The Morgan fingerprint density at radius 3 is 2.42 bits per heavy atom. The summed E-state index contributed by atoms with van der Waals surface area (Å²) in [5.41, 5.74) is 1.23. The van der Waals surface area contributed by atoms with Crippen LogP contribution < -0.4 is 10.5 Å². The molecule has 0 saturated heterocycles. The molecule has 0 radical (unpaired) electrons. The van der Waals surface area contributed by atoms with Crippen molar-refractivity contribution in [3.05, 3.63) is 34.4 Å². The number of fused-ring (bicyclic) bond motifs is 2. The lowest BCUT2D eigenvalue weighted by molar-refractivity contribution is -0.132. The van der Waals surface area contributed by atoms with E-state index in [-0.39, 0.29) is 55.7 Å². The number of rotatable bonds is 7. The minimum Gasteiger partial charge on any atom is -0.391 e. The molecule has 4 rings (SSSR count). The molecule has 6 nitrogen and oxygen atoms in total. The summed E-state index contributed by atoms with van der Waals surface area (Å²) in [4.78, 5) is 13.0. The Hall–Kier alpha value is -1.36. The Morgan fingerprint density at radius 1 is 1.27 bits per heavy atom. The minimum absolute atomic E-state index is 0.00649. The molecule has 3 unspecified atom stereocenters. The third-order valence-electron chi connectivity index (χ3n) is 8.17. The maximum absolute atomic E-state index is 15.4. The van der Waals surface area contributed by atoms with Crippen LogP contribution >= 0.6 is 11.6 Å². The largest absolute Gasteiger partial charge is 0.391 e. The number of benzene rings is 1. The summed E-state index contributed by atoms with van der Waals surface area (Å²) < 4.78 is 72.6. The van der Waals surface area contributed by atoms with E-state index < -0.39 is 67.7 Å². The summed E-state index contributed by atoms with van der Waals surface area (Å²) in [6.07, 6.45) is -0.928. The number of aliphatic hydroxyl groups excluding tert-OH is 1. The van der Waals surface area contributed by atoms with Crippen LogP contribution in [0, 0.1) is 22.5 Å². The lowest BCUT2D eigenvalue weighted by Gasteiger charge is -2.46. The van der Waals surface area contributed by atoms with E-state index in [4.69, 9.17) is 17.3 Å². The minimum atomic E-state index is -3.76. The highest BCUT2D eigenvalue weighted by Crippen LogP contribution is 2.70. The van der Waals surface area contributed by atoms with Crippen molar-refractivity contribution in [1.82, 2.24) is 4.72 Å². The molecule has 4 N–H and O–H groups in total. The van der Waals surface area contributed by atoms with Crippen molar-refractivity contribution < 1.29 is 31.5 Å². The summed E-state index contributed by atoms with van der Waals surface area (Å²) in [5, 5.41) is 10.4. The summed E-state index contributed by atoms with van der Waals surface area (Å²) in [6, 6.07) is 0.977. The number of aliphatic hydroxyl groups is 1. The zero-order chi connectivity index (χ0) is 24.4. The number of carbonyl (C=O) groups is 1. The fraction of sp³-hybridized carbons (Fsp3) is 0.682. The Bertz CT molecular complexity index is 1080. The number of alkyl halides is 1. The van der Waals surface area contributed by atoms with Gasteiger partial charge in [0.1, 0.15) is 17.3 Å². The molecule has 11 heteroatoms. The Labute approximate surface area is 196 Å². The van der Waals surface area contributed by atoms with E-state index in [1.165, 1.54) is 6.92 Å². The number of halogens is 4. The van der Waals surface area contributed by atoms with E-state index in [9.17, 15) is 18.3 Å². The molecule has 0 aromatic heterocycles. The lowest BCUT2D eigenvalue weighted by Crippen LogP contribution is -2.48. The third-order valence-corrected chi connectivity index (χ3v) is 9.88. The van der Waals surface area contributed by atoms with Crippen molar-refractivity contribution in [3.63, 3.8) is 0 Å². The van der Waals surface area contributed by atoms with Gasteiger partial charge in [-0.05, 0) is 69.4 Å². The highest BCUT2D eigenvalue weighted by molar-refractivity contribution is 7.89. The molecule has 1 aromatic rings. The van der Waals surface area contributed by atoms with Crippen LogP contribution in [0.3, 0.4) is 0 Å². The average molecular weight is 509 g/mol. The fourth-order valence-corrected chi connectivity index (χ4v) is 7.72. The number of carbonyl (C=O) groups excluding carboxylic acids is 1. The fourth-order valence-electron chi connectivity index (χ4n) is 6.69. The second kappa shape index (κ2) is 8.10. The van der Waals surface area contributed by atoms with Gasteiger partial charge in [0.15, 0.2) is 0 Å². The number of nitrogens with two attached hydrogens (primary N) is 1. The molecule has 2 bridgehead atoms. The highest BCUT2D eigenvalue weighted by atomic mass is 35.5. The van der Waals surface area contributed by atoms with Crippen LogP contribution in [0.2, 0.25) is 5.02 Å². The SMILES string of the molecule is CCS(=O)(=O)NC1CC(C(N)=O)([C@@H](c2c(F)ccc(Cl)c2F)C23CCC(F)(CC2)C3)CC1O. The van der Waals surface area contributed by atoms with E-state index in [0.717, 1.165) is 12.1 Å². The molecule has 3 fully saturated rings. The van der Waals surface area contributed by atoms with Gasteiger partial charge in [0, 0.05) is 17.5 Å². The Balaban J connectivity index is 1.90. The number of primary amides is 1. The van der Waals surface area contributed by atoms with Crippen LogP contribution in [-0.4, -0.2) is 43.0 Å². The normalized spacial score (nSPS) is 36.9. The summed E-state index contributed by atoms with van der Waals surface area (Å²) in [5.74, 6) is -4.37. The lowest BCUT2D eigenvalue weighted by atomic mass is 9.56. The van der Waals surface area contributed by atoms with Crippen molar-refractivity contribution in [2.75, 3.05) is 5.75 Å². The molecule has 0 heterocycles. The van der Waals surface area contributed by atoms with E-state index in [0.29, 0.717) is 0 Å². The first-order valence-electron chi connectivity index (χ1n) is 11.1. The molecule has 3 aliphatic carbocycles. The Kier molecular flexibility index (Phi) is 6.08. The molecule has 1 amide bonds. The number of hydrogen-bond donors (Lipinski definition) is 3. The number of nitrogens with one attached hydrogen (secondary N) is 1. The van der Waals surface area contributed by atoms with E-state index in [2.05, 4.69) is 4.72 Å². The van der Waals surface area contributed by atoms with Crippen LogP contribution in [-0.2, 0) is 14.8 Å². The second-order valence-corrected chi connectivity index (χ2v) is 12.5. The molecule has 3 aliphatic rings. The van der Waals surface area contributed by atoms with Gasteiger partial charge >= 0.3 is 0 Å². The van der Waals surface area contributed by atoms with Crippen molar-refractivity contribution in [2.45, 2.75) is 75.6 Å². The smallest absolute Gasteiger partial charge is 0.224 e. The van der Waals surface area contributed by atoms with Crippen LogP contribution in [0.25, 0.3) is 0 Å². The van der Waals surface area contributed by atoms with Crippen LogP contribution in [0.4, 0.5) is 13.2 Å². The molecule has 184 valence electrons. The van der Waals surface area contributed by atoms with Gasteiger partial charge in [-0.1, -0.05) is 11.6 Å². The van der Waals surface area contributed by atoms with E-state index >= 15 is 13.2 Å². The van der Waals surface area contributed by atoms with E-state index in [1.54, 1.807) is 0 Å². The van der Waals surface area contributed by atoms with Crippen LogP contribution in [0.15, 0.2) is 12.1 Å². The van der Waals surface area contributed by atoms with Crippen LogP contribution in [0.1, 0.15) is 63.4 Å². The van der Waals surface area contributed by atoms with E-state index in [1.807, 2.05) is 0 Å². The molecular formula is C22H28ClF3N2O4S. The maximum atomic E-state index is 15.4. The first-order chi connectivity index (χ1) is 15.3. The quantitative estimate of drug-likeness (QED) is 0.491. The zero-order valence-electron chi connectivity index (χ0n) is 18.2. The third kappa shape index (κ3) is 3.96. The molecular weight excluding hydrogens is 481 g/mol. The topological polar surface area (TPSA) is 109 Å². The summed E-state index contributed by atoms with van der Waals surface area (Å²) in [6.45, 7) is 1.42. The average Bonchev–Trinajstić information content (AvgIpc) is 3.37. The van der Waals surface area contributed by atoms with Crippen molar-refractivity contribution in [3.8, 4) is 0 Å². The van der Waals surface area contributed by atoms with Crippen LogP contribution in [0.5, 0.6) is 0 Å². The summed E-state index contributed by atoms with van der Waals surface area (Å²) in [7, 11) is -3.76. The summed E-state index contributed by atoms with van der Waals surface area (Å²) >= 11 is 5.98. The number of amides is 1. The van der Waals surface area contributed by atoms with Gasteiger partial charge in [0.25, 0.3) is 0 Å². The van der Waals surface area contributed by atoms with Crippen molar-refractivity contribution in [1.29, 1.82) is 0 Å². The standard InChI is InChI=1S/C22H28ClF3N2O4S/c1-2-33(31,32)28-14-9-22(19(27)30,10-15(14)29)18(16-13(24)4-3-12(23)17(16)25)20-5-7-21(26,11-20)8-6-20/h3-4,14-15,18,28-29H,2,5-11H2,1H3,(H2,27,30)/t14?,15?,18-,20?,21?,22?/m0/s1. The molecule has 1 aromatic carbocycles. The predicted molar refractivity (Wildman–Crippen MR) is 117 cm³/mol. The molecule has 0 spiro atoms. The number of sulfonamides is 1. The van der Waals surface area contributed by atoms with Gasteiger partial charge in [-0.25, -0.2) is 26.3 Å². The van der Waals surface area contributed by atoms with Gasteiger partial charge in [-0.3, -0.25) is 4.79 Å². The van der Waals surface area contributed by atoms with Gasteiger partial charge in [-0.15, -0.1) is 0 Å². The maximum Gasteiger partial charge on any atom is 0.224 e. The van der Waals surface area contributed by atoms with Gasteiger partial charge < -0.3 is 10.8 Å². The number of hydrogen-bond acceptors (Lipinski definition) is 4. The molecule has 0 aliphatic heterocycles. The molecule has 33 heavy (non-hydrogen) atoms. The van der Waals surface area contributed by atoms with Gasteiger partial charge in [0.05, 0.1) is 22.3 Å². The monoisotopic (exact) mass is 508 g/mol. The first kappa shape index (κ1) is 24.8. The van der Waals surface area contributed by atoms with Gasteiger partial charge in [0.2, 0.25) is 15.9 Å². The van der Waals surface area contributed by atoms with Crippen molar-refractivity contribution >= 4 is 27.5 Å². The Morgan fingerprint density at radius 2 is 1.91 bits per heavy atom. The molecule has 4 atom stereocenters. The highest BCUT2D eigenvalue weighted by Gasteiger charge is 2.67. The molecule has 3 saturated carbocycles. The zero-order valence-corrected chi connectivity index (χ0v) is 19.8. The predicted octanol–water partition coefficient (Wildman–Crippen LogP) is 3.31. The second-order valence-electron chi connectivity index (χ2n) is 10.0. The first-order valence-corrected chi connectivity index (χ1v) is 13.1.